The molecule has 112 valence electrons. The number of hydrogen-bond donors (Lipinski definition) is 4. The number of aromatic amines is 1. The highest BCUT2D eigenvalue weighted by atomic mass is 32.2. The van der Waals surface area contributed by atoms with Crippen LogP contribution in [-0.2, 0) is 6.54 Å². The minimum atomic E-state index is -0.0633. The molecule has 0 bridgehead atoms. The number of nitrogen functional groups attached to an aromatic ring is 1. The van der Waals surface area contributed by atoms with Gasteiger partial charge in [0, 0.05) is 24.3 Å². The number of hydrogen-bond acceptors (Lipinski definition) is 6. The van der Waals surface area contributed by atoms with Crippen molar-refractivity contribution < 1.29 is 4.79 Å². The molecule has 2 heterocycles. The van der Waals surface area contributed by atoms with E-state index in [1.54, 1.807) is 18.0 Å². The van der Waals surface area contributed by atoms with Gasteiger partial charge in [-0.1, -0.05) is 0 Å². The highest BCUT2D eigenvalue weighted by molar-refractivity contribution is 7.99. The van der Waals surface area contributed by atoms with Gasteiger partial charge in [0.1, 0.15) is 9.88 Å². The molecule has 0 aromatic carbocycles. The van der Waals surface area contributed by atoms with Crippen LogP contribution < -0.4 is 16.4 Å². The van der Waals surface area contributed by atoms with Crippen molar-refractivity contribution in [1.82, 2.24) is 15.5 Å². The molecule has 0 aliphatic heterocycles. The number of H-pyrrole nitrogens is 1. The van der Waals surface area contributed by atoms with E-state index in [9.17, 15) is 4.79 Å². The molecular formula is C13H17N5OS2. The lowest BCUT2D eigenvalue weighted by molar-refractivity contribution is 0.0956. The Morgan fingerprint density at radius 1 is 1.62 bits per heavy atom. The van der Waals surface area contributed by atoms with Crippen molar-refractivity contribution in [2.24, 2.45) is 0 Å². The van der Waals surface area contributed by atoms with Gasteiger partial charge >= 0.3 is 0 Å². The van der Waals surface area contributed by atoms with E-state index in [2.05, 4.69) is 20.8 Å². The van der Waals surface area contributed by atoms with Crippen molar-refractivity contribution >= 4 is 39.7 Å². The summed E-state index contributed by atoms with van der Waals surface area (Å²) in [5, 5.41) is 13.9. The Labute approximate surface area is 130 Å². The number of thioether (sulfide) groups is 1. The molecule has 1 saturated carbocycles. The van der Waals surface area contributed by atoms with E-state index >= 15 is 0 Å². The molecule has 0 radical (unpaired) electrons. The summed E-state index contributed by atoms with van der Waals surface area (Å²) in [5.74, 6) is -0.0633. The van der Waals surface area contributed by atoms with Gasteiger partial charge < -0.3 is 16.4 Å². The average molecular weight is 323 g/mol. The smallest absolute Gasteiger partial charge is 0.263 e. The van der Waals surface area contributed by atoms with Gasteiger partial charge in [0.25, 0.3) is 5.91 Å². The Bertz CT molecular complexity index is 633. The van der Waals surface area contributed by atoms with Crippen LogP contribution >= 0.6 is 23.1 Å². The maximum Gasteiger partial charge on any atom is 0.263 e. The van der Waals surface area contributed by atoms with Gasteiger partial charge in [0.15, 0.2) is 0 Å². The summed E-state index contributed by atoms with van der Waals surface area (Å²) < 4.78 is 0. The molecule has 1 fully saturated rings. The zero-order valence-corrected chi connectivity index (χ0v) is 13.2. The van der Waals surface area contributed by atoms with Crippen LogP contribution in [0.3, 0.4) is 0 Å². The first kappa shape index (κ1) is 14.3. The zero-order chi connectivity index (χ0) is 14.8. The third-order valence-electron chi connectivity index (χ3n) is 3.23. The first-order valence-corrected chi connectivity index (χ1v) is 8.71. The van der Waals surface area contributed by atoms with Gasteiger partial charge in [0.05, 0.1) is 16.8 Å². The van der Waals surface area contributed by atoms with Gasteiger partial charge in [-0.3, -0.25) is 9.89 Å². The molecule has 0 spiro atoms. The quantitative estimate of drug-likeness (QED) is 0.612. The highest BCUT2D eigenvalue weighted by Gasteiger charge is 2.27. The molecule has 5 N–H and O–H groups in total. The SMILES string of the molecule is CSc1c(NCc2cn[nH]c2)sc(C(=O)NC2CC2)c1N. The molecule has 1 aliphatic rings. The minimum Gasteiger partial charge on any atom is -0.396 e. The molecule has 0 saturated heterocycles. The van der Waals surface area contributed by atoms with Gasteiger partial charge in [-0.25, -0.2) is 0 Å². The third-order valence-corrected chi connectivity index (χ3v) is 5.35. The maximum absolute atomic E-state index is 12.2. The average Bonchev–Trinajstić information content (AvgIpc) is 3.02. The fraction of sp³-hybridized carbons (Fsp3) is 0.385. The second kappa shape index (κ2) is 5.98. The number of amides is 1. The van der Waals surface area contributed by atoms with E-state index in [-0.39, 0.29) is 5.91 Å². The van der Waals surface area contributed by atoms with Crippen molar-refractivity contribution in [2.45, 2.75) is 30.3 Å². The van der Waals surface area contributed by atoms with Gasteiger partial charge in [0.2, 0.25) is 0 Å². The molecule has 21 heavy (non-hydrogen) atoms. The van der Waals surface area contributed by atoms with E-state index in [0.717, 1.165) is 28.3 Å². The monoisotopic (exact) mass is 323 g/mol. The minimum absolute atomic E-state index is 0.0633. The first-order valence-electron chi connectivity index (χ1n) is 6.67. The number of nitrogens with one attached hydrogen (secondary N) is 3. The summed E-state index contributed by atoms with van der Waals surface area (Å²) in [6.45, 7) is 0.647. The lowest BCUT2D eigenvalue weighted by Gasteiger charge is -2.04. The molecule has 0 atom stereocenters. The van der Waals surface area contributed by atoms with E-state index in [1.165, 1.54) is 11.3 Å². The van der Waals surface area contributed by atoms with E-state index in [0.29, 0.717) is 23.2 Å². The number of carbonyl (C=O) groups is 1. The Hall–Kier alpha value is -1.67. The van der Waals surface area contributed by atoms with Crippen molar-refractivity contribution in [3.63, 3.8) is 0 Å². The Morgan fingerprint density at radius 3 is 3.05 bits per heavy atom. The van der Waals surface area contributed by atoms with Crippen LogP contribution in [0, 0.1) is 0 Å². The number of nitrogens with two attached hydrogens (primary N) is 1. The number of rotatable bonds is 6. The van der Waals surface area contributed by atoms with Crippen LogP contribution in [-0.4, -0.2) is 28.4 Å². The lowest BCUT2D eigenvalue weighted by atomic mass is 10.3. The van der Waals surface area contributed by atoms with Gasteiger partial charge in [-0.2, -0.15) is 5.10 Å². The van der Waals surface area contributed by atoms with Crippen molar-refractivity contribution in [3.8, 4) is 0 Å². The van der Waals surface area contributed by atoms with Gasteiger partial charge in [-0.05, 0) is 19.1 Å². The number of aromatic nitrogens is 2. The van der Waals surface area contributed by atoms with E-state index in [4.69, 9.17) is 5.73 Å². The van der Waals surface area contributed by atoms with E-state index < -0.39 is 0 Å². The Kier molecular flexibility index (Phi) is 4.07. The van der Waals surface area contributed by atoms with Crippen LogP contribution in [0.4, 0.5) is 10.7 Å². The summed E-state index contributed by atoms with van der Waals surface area (Å²) in [4.78, 5) is 13.7. The Balaban J connectivity index is 1.77. The second-order valence-corrected chi connectivity index (χ2v) is 6.75. The fourth-order valence-corrected chi connectivity index (χ4v) is 3.89. The molecule has 1 aliphatic carbocycles. The number of anilines is 2. The third kappa shape index (κ3) is 3.16. The van der Waals surface area contributed by atoms with Crippen LogP contribution in [0.15, 0.2) is 17.3 Å². The normalized spacial score (nSPS) is 14.1. The van der Waals surface area contributed by atoms with Crippen molar-refractivity contribution in [2.75, 3.05) is 17.3 Å². The zero-order valence-electron chi connectivity index (χ0n) is 11.6. The predicted octanol–water partition coefficient (Wildman–Crippen LogP) is 2.28. The molecule has 8 heteroatoms. The Morgan fingerprint density at radius 2 is 2.43 bits per heavy atom. The first-order chi connectivity index (χ1) is 10.2. The molecule has 2 aromatic rings. The number of thiophene rings is 1. The van der Waals surface area contributed by atoms with Gasteiger partial charge in [-0.15, -0.1) is 23.1 Å². The predicted molar refractivity (Wildman–Crippen MR) is 86.9 cm³/mol. The maximum atomic E-state index is 12.2. The highest BCUT2D eigenvalue weighted by Crippen LogP contribution is 2.42. The van der Waals surface area contributed by atoms with Crippen molar-refractivity contribution in [3.05, 3.63) is 22.8 Å². The summed E-state index contributed by atoms with van der Waals surface area (Å²) in [6, 6.07) is 0.332. The van der Waals surface area contributed by atoms with Crippen LogP contribution in [0.1, 0.15) is 28.1 Å². The number of nitrogens with zero attached hydrogens (tertiary/aromatic N) is 1. The van der Waals surface area contributed by atoms with Crippen LogP contribution in [0.25, 0.3) is 0 Å². The molecule has 6 nitrogen and oxygen atoms in total. The molecule has 0 unspecified atom stereocenters. The summed E-state index contributed by atoms with van der Waals surface area (Å²) in [5.41, 5.74) is 7.75. The standard InChI is InChI=1S/C13H17N5OS2/c1-20-11-9(14)10(12(19)18-8-2-3-8)21-13(11)15-4-7-5-16-17-6-7/h5-6,8,15H,2-4,14H2,1H3,(H,16,17)(H,18,19). The van der Waals surface area contributed by atoms with E-state index in [1.807, 2.05) is 12.5 Å². The number of carbonyl (C=O) groups excluding carboxylic acids is 1. The molecular weight excluding hydrogens is 306 g/mol. The molecule has 1 amide bonds. The largest absolute Gasteiger partial charge is 0.396 e. The summed E-state index contributed by atoms with van der Waals surface area (Å²) in [6.07, 6.45) is 7.70. The second-order valence-electron chi connectivity index (χ2n) is 4.92. The molecule has 2 aromatic heterocycles. The van der Waals surface area contributed by atoms with Crippen LogP contribution in [0.5, 0.6) is 0 Å². The van der Waals surface area contributed by atoms with Crippen molar-refractivity contribution in [1.29, 1.82) is 0 Å². The topological polar surface area (TPSA) is 95.8 Å². The molecule has 3 rings (SSSR count). The lowest BCUT2D eigenvalue weighted by Crippen LogP contribution is -2.25. The van der Waals surface area contributed by atoms with Crippen LogP contribution in [0.2, 0.25) is 0 Å². The summed E-state index contributed by atoms with van der Waals surface area (Å²) >= 11 is 2.96. The summed E-state index contributed by atoms with van der Waals surface area (Å²) in [7, 11) is 0. The fourth-order valence-electron chi connectivity index (χ4n) is 1.95.